The molecule has 2 aliphatic heterocycles. The number of anilines is 1. The summed E-state index contributed by atoms with van der Waals surface area (Å²) in [6, 6.07) is 10.4. The van der Waals surface area contributed by atoms with E-state index in [0.29, 0.717) is 6.54 Å². The van der Waals surface area contributed by atoms with Crippen molar-refractivity contribution in [2.24, 2.45) is 0 Å². The van der Waals surface area contributed by atoms with E-state index in [2.05, 4.69) is 23.3 Å². The normalized spacial score (nSPS) is 24.3. The molecule has 2 atom stereocenters. The van der Waals surface area contributed by atoms with E-state index in [9.17, 15) is 4.79 Å². The van der Waals surface area contributed by atoms with E-state index in [1.165, 1.54) is 5.56 Å². The van der Waals surface area contributed by atoms with Gasteiger partial charge in [0.25, 0.3) is 0 Å². The average molecular weight is 313 g/mol. The van der Waals surface area contributed by atoms with Gasteiger partial charge in [0.05, 0.1) is 11.3 Å². The molecule has 0 bridgehead atoms. The summed E-state index contributed by atoms with van der Waals surface area (Å²) in [6.07, 6.45) is 6.89. The number of hydrogen-bond donors (Lipinski definition) is 0. The van der Waals surface area contributed by atoms with E-state index < -0.39 is 0 Å². The van der Waals surface area contributed by atoms with Crippen molar-refractivity contribution in [1.82, 2.24) is 9.78 Å². The highest BCUT2D eigenvalue weighted by atomic mass is 32.2. The van der Waals surface area contributed by atoms with Crippen LogP contribution < -0.4 is 4.90 Å². The summed E-state index contributed by atoms with van der Waals surface area (Å²) in [5.41, 5.74) is 2.33. The summed E-state index contributed by atoms with van der Waals surface area (Å²) in [4.78, 5) is 14.9. The molecule has 114 valence electrons. The van der Waals surface area contributed by atoms with Crippen LogP contribution in [0.3, 0.4) is 0 Å². The lowest BCUT2D eigenvalue weighted by atomic mass is 9.97. The van der Waals surface area contributed by atoms with Crippen molar-refractivity contribution in [3.05, 3.63) is 48.3 Å². The second-order valence-electron chi connectivity index (χ2n) is 5.92. The minimum absolute atomic E-state index is 0.129. The van der Waals surface area contributed by atoms with Crippen LogP contribution in [0.15, 0.2) is 42.7 Å². The largest absolute Gasteiger partial charge is 0.309 e. The first-order valence-corrected chi connectivity index (χ1v) is 8.88. The van der Waals surface area contributed by atoms with Crippen LogP contribution in [0.1, 0.15) is 24.4 Å². The van der Waals surface area contributed by atoms with Crippen molar-refractivity contribution in [3.8, 4) is 0 Å². The quantitative estimate of drug-likeness (QED) is 0.855. The number of para-hydroxylation sites is 1. The molecule has 1 fully saturated rings. The van der Waals surface area contributed by atoms with Gasteiger partial charge in [-0.2, -0.15) is 5.10 Å². The number of nitrogens with zero attached hydrogens (tertiary/aromatic N) is 3. The highest BCUT2D eigenvalue weighted by molar-refractivity contribution is 8.00. The summed E-state index contributed by atoms with van der Waals surface area (Å²) in [7, 11) is 0. The number of hydrogen-bond acceptors (Lipinski definition) is 3. The SMILES string of the molecule is O=C([C@@H]1CCCS1)N1C[C@H](n2cccn2)Cc2ccccc21. The summed E-state index contributed by atoms with van der Waals surface area (Å²) in [5, 5.41) is 4.51. The Balaban J connectivity index is 1.67. The first-order valence-electron chi connectivity index (χ1n) is 7.83. The van der Waals surface area contributed by atoms with Gasteiger partial charge in [-0.25, -0.2) is 0 Å². The molecule has 2 aliphatic rings. The van der Waals surface area contributed by atoms with Gasteiger partial charge in [0.15, 0.2) is 0 Å². The maximum absolute atomic E-state index is 13.0. The molecule has 1 amide bonds. The molecule has 1 aromatic heterocycles. The molecule has 4 nitrogen and oxygen atoms in total. The smallest absolute Gasteiger partial charge is 0.240 e. The molecule has 0 aliphatic carbocycles. The van der Waals surface area contributed by atoms with E-state index in [-0.39, 0.29) is 17.2 Å². The van der Waals surface area contributed by atoms with Gasteiger partial charge in [0, 0.05) is 24.6 Å². The number of carbonyl (C=O) groups is 1. The minimum Gasteiger partial charge on any atom is -0.309 e. The van der Waals surface area contributed by atoms with E-state index in [4.69, 9.17) is 0 Å². The Morgan fingerprint density at radius 2 is 2.18 bits per heavy atom. The number of amides is 1. The van der Waals surface area contributed by atoms with E-state index in [0.717, 1.165) is 30.7 Å². The summed E-state index contributed by atoms with van der Waals surface area (Å²) < 4.78 is 1.98. The van der Waals surface area contributed by atoms with Crippen LogP contribution in [-0.2, 0) is 11.2 Å². The van der Waals surface area contributed by atoms with Gasteiger partial charge in [-0.1, -0.05) is 18.2 Å². The van der Waals surface area contributed by atoms with Crippen molar-refractivity contribution in [3.63, 3.8) is 0 Å². The molecule has 2 aromatic rings. The Hall–Kier alpha value is -1.75. The molecule has 0 N–H and O–H groups in total. The standard InChI is InChI=1S/C17H19N3OS/c21-17(16-7-3-10-22-16)19-12-14(20-9-4-8-18-20)11-13-5-1-2-6-15(13)19/h1-2,4-6,8-9,14,16H,3,7,10-12H2/t14-,16+/m1/s1. The first kappa shape index (κ1) is 13.9. The number of fused-ring (bicyclic) bond motifs is 1. The third kappa shape index (κ3) is 2.43. The number of rotatable bonds is 2. The fourth-order valence-electron chi connectivity index (χ4n) is 3.40. The van der Waals surface area contributed by atoms with Crippen molar-refractivity contribution in [1.29, 1.82) is 0 Å². The zero-order chi connectivity index (χ0) is 14.9. The monoisotopic (exact) mass is 313 g/mol. The van der Waals surface area contributed by atoms with Crippen LogP contribution in [-0.4, -0.2) is 33.2 Å². The third-order valence-corrected chi connectivity index (χ3v) is 5.87. The number of benzene rings is 1. The van der Waals surface area contributed by atoms with Gasteiger partial charge in [-0.3, -0.25) is 9.48 Å². The third-order valence-electron chi connectivity index (χ3n) is 4.50. The van der Waals surface area contributed by atoms with Gasteiger partial charge in [-0.15, -0.1) is 11.8 Å². The number of carbonyl (C=O) groups excluding carboxylic acids is 1. The van der Waals surface area contributed by atoms with Crippen LogP contribution in [0.25, 0.3) is 0 Å². The number of thioether (sulfide) groups is 1. The topological polar surface area (TPSA) is 38.1 Å². The molecule has 3 heterocycles. The van der Waals surface area contributed by atoms with E-state index in [1.807, 2.05) is 27.9 Å². The van der Waals surface area contributed by atoms with Gasteiger partial charge in [-0.05, 0) is 42.7 Å². The lowest BCUT2D eigenvalue weighted by Crippen LogP contribution is -2.44. The van der Waals surface area contributed by atoms with Crippen LogP contribution >= 0.6 is 11.8 Å². The first-order chi connectivity index (χ1) is 10.8. The van der Waals surface area contributed by atoms with E-state index >= 15 is 0 Å². The van der Waals surface area contributed by atoms with Gasteiger partial charge in [0.2, 0.25) is 5.91 Å². The highest BCUT2D eigenvalue weighted by Crippen LogP contribution is 2.35. The molecule has 1 aromatic carbocycles. The van der Waals surface area contributed by atoms with Crippen molar-refractivity contribution < 1.29 is 4.79 Å². The summed E-state index contributed by atoms with van der Waals surface area (Å²) >= 11 is 1.80. The van der Waals surface area contributed by atoms with Crippen LogP contribution in [0.5, 0.6) is 0 Å². The minimum atomic E-state index is 0.129. The molecule has 1 saturated heterocycles. The van der Waals surface area contributed by atoms with Crippen LogP contribution in [0, 0.1) is 0 Å². The van der Waals surface area contributed by atoms with Gasteiger partial charge >= 0.3 is 0 Å². The molecular weight excluding hydrogens is 294 g/mol. The molecule has 0 unspecified atom stereocenters. The molecule has 5 heteroatoms. The fraction of sp³-hybridized carbons (Fsp3) is 0.412. The van der Waals surface area contributed by atoms with Crippen molar-refractivity contribution in [2.75, 3.05) is 17.2 Å². The second-order valence-corrected chi connectivity index (χ2v) is 7.23. The van der Waals surface area contributed by atoms with Gasteiger partial charge in [0.1, 0.15) is 0 Å². The number of aromatic nitrogens is 2. The Morgan fingerprint density at radius 3 is 2.95 bits per heavy atom. The lowest BCUT2D eigenvalue weighted by molar-refractivity contribution is -0.118. The average Bonchev–Trinajstić information content (AvgIpc) is 3.26. The van der Waals surface area contributed by atoms with Gasteiger partial charge < -0.3 is 4.90 Å². The maximum Gasteiger partial charge on any atom is 0.240 e. The molecule has 4 rings (SSSR count). The van der Waals surface area contributed by atoms with Crippen molar-refractivity contribution in [2.45, 2.75) is 30.6 Å². The summed E-state index contributed by atoms with van der Waals surface area (Å²) in [5.74, 6) is 1.38. The van der Waals surface area contributed by atoms with E-state index in [1.54, 1.807) is 18.0 Å². The lowest BCUT2D eigenvalue weighted by Gasteiger charge is -2.36. The maximum atomic E-state index is 13.0. The predicted molar refractivity (Wildman–Crippen MR) is 89.2 cm³/mol. The Bertz CT molecular complexity index is 664. The van der Waals surface area contributed by atoms with Crippen molar-refractivity contribution >= 4 is 23.4 Å². The fourth-order valence-corrected chi connectivity index (χ4v) is 4.62. The summed E-state index contributed by atoms with van der Waals surface area (Å²) in [6.45, 7) is 0.717. The second kappa shape index (κ2) is 5.80. The molecule has 0 radical (unpaired) electrons. The molecule has 0 saturated carbocycles. The zero-order valence-electron chi connectivity index (χ0n) is 12.4. The predicted octanol–water partition coefficient (Wildman–Crippen LogP) is 2.91. The highest BCUT2D eigenvalue weighted by Gasteiger charge is 2.34. The van der Waals surface area contributed by atoms with Crippen LogP contribution in [0.4, 0.5) is 5.69 Å². The Kier molecular flexibility index (Phi) is 3.66. The van der Waals surface area contributed by atoms with Crippen LogP contribution in [0.2, 0.25) is 0 Å². The molecule has 0 spiro atoms. The zero-order valence-corrected chi connectivity index (χ0v) is 13.2. The molecule has 22 heavy (non-hydrogen) atoms. The molecular formula is C17H19N3OS. The Morgan fingerprint density at radius 1 is 1.27 bits per heavy atom. The Labute approximate surface area is 134 Å².